The van der Waals surface area contributed by atoms with E-state index < -0.39 is 0 Å². The van der Waals surface area contributed by atoms with Gasteiger partial charge in [0.05, 0.1) is 35.6 Å². The number of aryl methyl sites for hydroxylation is 2. The number of nitrogens with one attached hydrogen (secondary N) is 1. The zero-order chi connectivity index (χ0) is 21.1. The first kappa shape index (κ1) is 20.3. The molecular weight excluding hydrogens is 376 g/mol. The van der Waals surface area contributed by atoms with Crippen LogP contribution in [0.15, 0.2) is 42.5 Å². The van der Waals surface area contributed by atoms with Crippen LogP contribution in [-0.4, -0.2) is 47.5 Å². The molecule has 1 aromatic heterocycles. The number of aromatic nitrogens is 2. The Morgan fingerprint density at radius 2 is 1.77 bits per heavy atom. The number of para-hydroxylation sites is 1. The number of carbonyl (C=O) groups is 1. The molecule has 1 atom stereocenters. The first-order valence-corrected chi connectivity index (χ1v) is 10.5. The maximum Gasteiger partial charge on any atom is 0.251 e. The van der Waals surface area contributed by atoms with Gasteiger partial charge in [0.2, 0.25) is 0 Å². The fraction of sp³-hybridized carbons (Fsp3) is 0.375. The summed E-state index contributed by atoms with van der Waals surface area (Å²) < 4.78 is 5.59. The molecule has 1 saturated heterocycles. The third-order valence-electron chi connectivity index (χ3n) is 5.87. The van der Waals surface area contributed by atoms with E-state index in [2.05, 4.69) is 26.3 Å². The minimum Gasteiger partial charge on any atom is -0.496 e. The predicted octanol–water partition coefficient (Wildman–Crippen LogP) is 3.82. The number of hydrogen-bond acceptors (Lipinski definition) is 5. The van der Waals surface area contributed by atoms with Crippen molar-refractivity contribution in [2.24, 2.45) is 0 Å². The molecule has 0 bridgehead atoms. The Hall–Kier alpha value is -2.99. The lowest BCUT2D eigenvalue weighted by atomic mass is 10.0. The van der Waals surface area contributed by atoms with Crippen LogP contribution in [0, 0.1) is 13.8 Å². The Labute approximate surface area is 177 Å². The normalized spacial score (nSPS) is 15.3. The smallest absolute Gasteiger partial charge is 0.251 e. The van der Waals surface area contributed by atoms with Crippen LogP contribution in [0.1, 0.15) is 46.2 Å². The van der Waals surface area contributed by atoms with E-state index in [9.17, 15) is 4.79 Å². The van der Waals surface area contributed by atoms with Gasteiger partial charge in [-0.1, -0.05) is 18.2 Å². The molecule has 2 aromatic carbocycles. The quantitative estimate of drug-likeness (QED) is 0.676. The SMILES string of the molecule is COc1ccccc1C(CNC(=O)c1ccc2nc(C)c(C)nc2c1)N1CCCC1. The molecule has 3 aromatic rings. The van der Waals surface area contributed by atoms with Crippen molar-refractivity contribution in [1.82, 2.24) is 20.2 Å². The largest absolute Gasteiger partial charge is 0.496 e. The first-order chi connectivity index (χ1) is 14.6. The number of carbonyl (C=O) groups excluding carboxylic acids is 1. The summed E-state index contributed by atoms with van der Waals surface area (Å²) in [5.41, 5.74) is 5.04. The van der Waals surface area contributed by atoms with Crippen LogP contribution in [-0.2, 0) is 0 Å². The molecule has 0 spiro atoms. The first-order valence-electron chi connectivity index (χ1n) is 10.5. The Kier molecular flexibility index (Phi) is 5.95. The highest BCUT2D eigenvalue weighted by Crippen LogP contribution is 2.31. The van der Waals surface area contributed by atoms with E-state index in [4.69, 9.17) is 4.74 Å². The van der Waals surface area contributed by atoms with Gasteiger partial charge >= 0.3 is 0 Å². The van der Waals surface area contributed by atoms with E-state index in [-0.39, 0.29) is 11.9 Å². The molecule has 1 N–H and O–H groups in total. The summed E-state index contributed by atoms with van der Waals surface area (Å²) >= 11 is 0. The monoisotopic (exact) mass is 404 g/mol. The van der Waals surface area contributed by atoms with Crippen LogP contribution in [0.3, 0.4) is 0 Å². The van der Waals surface area contributed by atoms with Crippen molar-refractivity contribution in [2.75, 3.05) is 26.7 Å². The number of ether oxygens (including phenoxy) is 1. The highest BCUT2D eigenvalue weighted by atomic mass is 16.5. The van der Waals surface area contributed by atoms with E-state index in [1.807, 2.05) is 50.2 Å². The third-order valence-corrected chi connectivity index (χ3v) is 5.87. The Balaban J connectivity index is 1.55. The van der Waals surface area contributed by atoms with Gasteiger partial charge in [0.25, 0.3) is 5.91 Å². The Morgan fingerprint density at radius 3 is 2.50 bits per heavy atom. The second-order valence-electron chi connectivity index (χ2n) is 7.81. The van der Waals surface area contributed by atoms with Gasteiger partial charge in [-0.2, -0.15) is 0 Å². The molecule has 0 aliphatic carbocycles. The molecule has 1 aliphatic heterocycles. The predicted molar refractivity (Wildman–Crippen MR) is 118 cm³/mol. The number of likely N-dealkylation sites (tertiary alicyclic amines) is 1. The average molecular weight is 405 g/mol. The molecule has 1 amide bonds. The molecule has 0 radical (unpaired) electrons. The number of benzene rings is 2. The Bertz CT molecular complexity index is 1060. The molecule has 2 heterocycles. The summed E-state index contributed by atoms with van der Waals surface area (Å²) in [4.78, 5) is 24.5. The zero-order valence-corrected chi connectivity index (χ0v) is 17.8. The van der Waals surface area contributed by atoms with Crippen molar-refractivity contribution in [3.63, 3.8) is 0 Å². The molecule has 4 rings (SSSR count). The zero-order valence-electron chi connectivity index (χ0n) is 17.8. The van der Waals surface area contributed by atoms with Gasteiger partial charge < -0.3 is 10.1 Å². The van der Waals surface area contributed by atoms with Gasteiger partial charge in [0, 0.05) is 17.7 Å². The lowest BCUT2D eigenvalue weighted by molar-refractivity contribution is 0.0937. The van der Waals surface area contributed by atoms with Crippen molar-refractivity contribution in [3.8, 4) is 5.75 Å². The summed E-state index contributed by atoms with van der Waals surface area (Å²) in [5, 5.41) is 3.13. The minimum absolute atomic E-state index is 0.0812. The molecule has 6 nitrogen and oxygen atoms in total. The second-order valence-corrected chi connectivity index (χ2v) is 7.81. The van der Waals surface area contributed by atoms with Gasteiger partial charge in [0.1, 0.15) is 5.75 Å². The molecular formula is C24H28N4O2. The van der Waals surface area contributed by atoms with Crippen LogP contribution in [0.25, 0.3) is 11.0 Å². The summed E-state index contributed by atoms with van der Waals surface area (Å²) in [6.07, 6.45) is 2.36. The van der Waals surface area contributed by atoms with Crippen LogP contribution >= 0.6 is 0 Å². The number of hydrogen-bond donors (Lipinski definition) is 1. The van der Waals surface area contributed by atoms with Crippen molar-refractivity contribution < 1.29 is 9.53 Å². The Morgan fingerprint density at radius 1 is 1.07 bits per heavy atom. The van der Waals surface area contributed by atoms with E-state index in [0.29, 0.717) is 12.1 Å². The number of methoxy groups -OCH3 is 1. The summed E-state index contributed by atoms with van der Waals surface area (Å²) in [5.74, 6) is 0.756. The van der Waals surface area contributed by atoms with Gasteiger partial charge in [-0.3, -0.25) is 9.69 Å². The molecule has 1 fully saturated rings. The van der Waals surface area contributed by atoms with E-state index in [0.717, 1.165) is 46.8 Å². The topological polar surface area (TPSA) is 67.3 Å². The van der Waals surface area contributed by atoms with Gasteiger partial charge in [-0.25, -0.2) is 9.97 Å². The van der Waals surface area contributed by atoms with Crippen LogP contribution < -0.4 is 10.1 Å². The van der Waals surface area contributed by atoms with E-state index in [1.165, 1.54) is 12.8 Å². The highest BCUT2D eigenvalue weighted by molar-refractivity contribution is 5.97. The number of fused-ring (bicyclic) bond motifs is 1. The lowest BCUT2D eigenvalue weighted by Crippen LogP contribution is -2.37. The van der Waals surface area contributed by atoms with E-state index >= 15 is 0 Å². The molecule has 1 aliphatic rings. The minimum atomic E-state index is -0.101. The van der Waals surface area contributed by atoms with Gasteiger partial charge in [-0.15, -0.1) is 0 Å². The maximum absolute atomic E-state index is 12.9. The average Bonchev–Trinajstić information content (AvgIpc) is 3.29. The molecule has 1 unspecified atom stereocenters. The van der Waals surface area contributed by atoms with Gasteiger partial charge in [0.15, 0.2) is 0 Å². The molecule has 30 heavy (non-hydrogen) atoms. The molecule has 6 heteroatoms. The summed E-state index contributed by atoms with van der Waals surface area (Å²) in [7, 11) is 1.69. The van der Waals surface area contributed by atoms with Gasteiger partial charge in [-0.05, 0) is 64.0 Å². The van der Waals surface area contributed by atoms with E-state index in [1.54, 1.807) is 7.11 Å². The third kappa shape index (κ3) is 4.14. The molecule has 0 saturated carbocycles. The van der Waals surface area contributed by atoms with Crippen LogP contribution in [0.2, 0.25) is 0 Å². The van der Waals surface area contributed by atoms with Crippen molar-refractivity contribution >= 4 is 16.9 Å². The number of rotatable bonds is 6. The van der Waals surface area contributed by atoms with Crippen molar-refractivity contribution in [3.05, 3.63) is 65.0 Å². The maximum atomic E-state index is 12.9. The van der Waals surface area contributed by atoms with Crippen molar-refractivity contribution in [1.29, 1.82) is 0 Å². The summed E-state index contributed by atoms with van der Waals surface area (Å²) in [6.45, 7) is 6.46. The van der Waals surface area contributed by atoms with Crippen molar-refractivity contribution in [2.45, 2.75) is 32.7 Å². The fourth-order valence-electron chi connectivity index (χ4n) is 4.09. The van der Waals surface area contributed by atoms with Crippen LogP contribution in [0.4, 0.5) is 0 Å². The molecule has 156 valence electrons. The standard InChI is InChI=1S/C24H28N4O2/c1-16-17(2)27-21-14-18(10-11-20(21)26-16)24(29)25-15-22(28-12-6-7-13-28)19-8-4-5-9-23(19)30-3/h4-5,8-11,14,22H,6-7,12-13,15H2,1-3H3,(H,25,29). The second kappa shape index (κ2) is 8.79. The number of amides is 1. The highest BCUT2D eigenvalue weighted by Gasteiger charge is 2.26. The number of nitrogens with zero attached hydrogens (tertiary/aromatic N) is 3. The fourth-order valence-corrected chi connectivity index (χ4v) is 4.09. The summed E-state index contributed by atoms with van der Waals surface area (Å²) in [6, 6.07) is 13.6. The van der Waals surface area contributed by atoms with Crippen LogP contribution in [0.5, 0.6) is 5.75 Å². The lowest BCUT2D eigenvalue weighted by Gasteiger charge is -2.29.